The summed E-state index contributed by atoms with van der Waals surface area (Å²) >= 11 is 0. The van der Waals surface area contributed by atoms with E-state index in [0.717, 1.165) is 29.7 Å². The second-order valence-corrected chi connectivity index (χ2v) is 11.1. The van der Waals surface area contributed by atoms with E-state index < -0.39 is 10.0 Å². The molecule has 1 unspecified atom stereocenters. The van der Waals surface area contributed by atoms with Crippen LogP contribution in [-0.2, 0) is 28.3 Å². The number of carbonyl (C=O) groups is 1. The average Bonchev–Trinajstić information content (AvgIpc) is 3.61. The van der Waals surface area contributed by atoms with Crippen LogP contribution in [0, 0.1) is 12.8 Å². The van der Waals surface area contributed by atoms with Crippen LogP contribution in [0.5, 0.6) is 0 Å². The minimum absolute atomic E-state index is 0.00864. The highest BCUT2D eigenvalue weighted by molar-refractivity contribution is 7.89. The summed E-state index contributed by atoms with van der Waals surface area (Å²) in [6.07, 6.45) is 3.10. The van der Waals surface area contributed by atoms with Crippen molar-refractivity contribution in [2.75, 3.05) is 13.1 Å². The first-order valence-corrected chi connectivity index (χ1v) is 13.5. The molecule has 1 atom stereocenters. The lowest BCUT2D eigenvalue weighted by Gasteiger charge is -2.19. The van der Waals surface area contributed by atoms with Gasteiger partial charge in [0.25, 0.3) is 0 Å². The molecule has 1 amide bonds. The molecule has 4 rings (SSSR count). The Bertz CT molecular complexity index is 1270. The maximum absolute atomic E-state index is 12.9. The van der Waals surface area contributed by atoms with Crippen molar-refractivity contribution in [2.45, 2.75) is 57.4 Å². The first-order valence-electron chi connectivity index (χ1n) is 12.1. The van der Waals surface area contributed by atoms with Gasteiger partial charge in [-0.05, 0) is 49.4 Å². The van der Waals surface area contributed by atoms with Gasteiger partial charge in [-0.1, -0.05) is 43.7 Å². The molecule has 7 nitrogen and oxygen atoms in total. The van der Waals surface area contributed by atoms with Crippen LogP contribution in [0.4, 0.5) is 0 Å². The lowest BCUT2D eigenvalue weighted by Crippen LogP contribution is -2.30. The molecular weight excluding hydrogens is 448 g/mol. The summed E-state index contributed by atoms with van der Waals surface area (Å²) in [5.41, 5.74) is 3.84. The number of carbonyl (C=O) groups excluding carboxylic acids is 1. The number of sulfonamides is 1. The number of amides is 1. The Morgan fingerprint density at radius 2 is 1.82 bits per heavy atom. The fraction of sp³-hybridized carbons (Fsp3) is 0.462. The molecule has 1 heterocycles. The van der Waals surface area contributed by atoms with Gasteiger partial charge in [-0.15, -0.1) is 0 Å². The van der Waals surface area contributed by atoms with E-state index in [0.29, 0.717) is 37.4 Å². The van der Waals surface area contributed by atoms with Crippen LogP contribution >= 0.6 is 0 Å². The highest BCUT2D eigenvalue weighted by Crippen LogP contribution is 2.41. The van der Waals surface area contributed by atoms with Gasteiger partial charge in [0.2, 0.25) is 15.9 Å². The Morgan fingerprint density at radius 1 is 1.15 bits per heavy atom. The van der Waals surface area contributed by atoms with E-state index in [9.17, 15) is 13.2 Å². The SMILES string of the molecule is CCN(CC)S(=O)(=O)c1ccc2c(c1)nc(CCC(=O)NC(c1ccc(C)cc1)C1CC1)n2C. The lowest BCUT2D eigenvalue weighted by molar-refractivity contribution is -0.122. The molecule has 1 N–H and O–H groups in total. The van der Waals surface area contributed by atoms with Crippen LogP contribution in [0.25, 0.3) is 11.0 Å². The second-order valence-electron chi connectivity index (χ2n) is 9.12. The monoisotopic (exact) mass is 482 g/mol. The maximum atomic E-state index is 12.9. The molecule has 1 aliphatic rings. The van der Waals surface area contributed by atoms with Crippen molar-refractivity contribution >= 4 is 27.0 Å². The number of rotatable bonds is 10. The van der Waals surface area contributed by atoms with E-state index in [2.05, 4.69) is 41.5 Å². The van der Waals surface area contributed by atoms with Crippen LogP contribution in [0.2, 0.25) is 0 Å². The second kappa shape index (κ2) is 9.88. The average molecular weight is 483 g/mol. The van der Waals surface area contributed by atoms with Gasteiger partial charge in [-0.25, -0.2) is 13.4 Å². The summed E-state index contributed by atoms with van der Waals surface area (Å²) in [7, 11) is -1.64. The van der Waals surface area contributed by atoms with Crippen molar-refractivity contribution in [3.05, 3.63) is 59.4 Å². The van der Waals surface area contributed by atoms with Crippen LogP contribution in [0.15, 0.2) is 47.4 Å². The number of aryl methyl sites for hydroxylation is 3. The van der Waals surface area contributed by atoms with Gasteiger partial charge >= 0.3 is 0 Å². The number of benzene rings is 2. The third-order valence-corrected chi connectivity index (χ3v) is 8.76. The van der Waals surface area contributed by atoms with Crippen molar-refractivity contribution in [1.29, 1.82) is 0 Å². The van der Waals surface area contributed by atoms with E-state index in [1.807, 2.05) is 25.5 Å². The Balaban J connectivity index is 1.47. The summed E-state index contributed by atoms with van der Waals surface area (Å²) in [5, 5.41) is 3.23. The number of aromatic nitrogens is 2. The smallest absolute Gasteiger partial charge is 0.243 e. The van der Waals surface area contributed by atoms with Crippen molar-refractivity contribution < 1.29 is 13.2 Å². The molecule has 182 valence electrons. The number of nitrogens with zero attached hydrogens (tertiary/aromatic N) is 3. The summed E-state index contributed by atoms with van der Waals surface area (Å²) in [5.74, 6) is 1.28. The fourth-order valence-corrected chi connectivity index (χ4v) is 5.95. The van der Waals surface area contributed by atoms with Crippen LogP contribution in [-0.4, -0.2) is 41.3 Å². The molecule has 2 aromatic carbocycles. The molecule has 1 saturated carbocycles. The highest BCUT2D eigenvalue weighted by atomic mass is 32.2. The van der Waals surface area contributed by atoms with E-state index in [1.165, 1.54) is 9.87 Å². The molecule has 0 saturated heterocycles. The number of fused-ring (bicyclic) bond motifs is 1. The fourth-order valence-electron chi connectivity index (χ4n) is 4.47. The van der Waals surface area contributed by atoms with Crippen molar-refractivity contribution in [3.8, 4) is 0 Å². The zero-order valence-corrected chi connectivity index (χ0v) is 21.2. The molecule has 0 radical (unpaired) electrons. The molecular formula is C26H34N4O3S. The Kier molecular flexibility index (Phi) is 7.09. The molecule has 1 aromatic heterocycles. The van der Waals surface area contributed by atoms with Gasteiger partial charge in [-0.3, -0.25) is 4.79 Å². The maximum Gasteiger partial charge on any atom is 0.243 e. The summed E-state index contributed by atoms with van der Waals surface area (Å²) in [4.78, 5) is 17.7. The van der Waals surface area contributed by atoms with Crippen LogP contribution in [0.1, 0.15) is 56.1 Å². The molecule has 0 bridgehead atoms. The Hall–Kier alpha value is -2.71. The predicted molar refractivity (Wildman–Crippen MR) is 134 cm³/mol. The van der Waals surface area contributed by atoms with Crippen molar-refractivity contribution in [3.63, 3.8) is 0 Å². The number of hydrogen-bond acceptors (Lipinski definition) is 4. The van der Waals surface area contributed by atoms with E-state index >= 15 is 0 Å². The minimum atomic E-state index is -3.55. The first-order chi connectivity index (χ1) is 16.2. The first kappa shape index (κ1) is 24.4. The van der Waals surface area contributed by atoms with Gasteiger partial charge in [0, 0.05) is 33.0 Å². The van der Waals surface area contributed by atoms with Crippen molar-refractivity contribution in [2.24, 2.45) is 13.0 Å². The van der Waals surface area contributed by atoms with E-state index in [4.69, 9.17) is 0 Å². The third-order valence-electron chi connectivity index (χ3n) is 6.71. The Morgan fingerprint density at radius 3 is 2.44 bits per heavy atom. The molecule has 0 aliphatic heterocycles. The van der Waals surface area contributed by atoms with Gasteiger partial charge < -0.3 is 9.88 Å². The largest absolute Gasteiger partial charge is 0.349 e. The third kappa shape index (κ3) is 5.03. The van der Waals surface area contributed by atoms with Gasteiger partial charge in [-0.2, -0.15) is 4.31 Å². The van der Waals surface area contributed by atoms with E-state index in [1.54, 1.807) is 18.2 Å². The predicted octanol–water partition coefficient (Wildman–Crippen LogP) is 4.11. The zero-order valence-electron chi connectivity index (χ0n) is 20.4. The standard InChI is InChI=1S/C26H34N4O3S/c1-5-30(6-2)34(32,33)21-13-14-23-22(17-21)27-24(29(23)4)15-16-25(31)28-26(20-11-12-20)19-9-7-18(3)8-10-19/h7-10,13-14,17,20,26H,5-6,11-12,15-16H2,1-4H3,(H,28,31). The zero-order chi connectivity index (χ0) is 24.5. The summed E-state index contributed by atoms with van der Waals surface area (Å²) < 4.78 is 29.1. The number of hydrogen-bond donors (Lipinski definition) is 1. The normalized spacial score (nSPS) is 15.1. The Labute approximate surface area is 202 Å². The van der Waals surface area contributed by atoms with Gasteiger partial charge in [0.15, 0.2) is 0 Å². The van der Waals surface area contributed by atoms with Crippen molar-refractivity contribution in [1.82, 2.24) is 19.2 Å². The topological polar surface area (TPSA) is 84.3 Å². The molecule has 1 fully saturated rings. The molecule has 1 aliphatic carbocycles. The number of nitrogens with one attached hydrogen (secondary N) is 1. The molecule has 3 aromatic rings. The quantitative estimate of drug-likeness (QED) is 0.471. The molecule has 34 heavy (non-hydrogen) atoms. The minimum Gasteiger partial charge on any atom is -0.349 e. The highest BCUT2D eigenvalue weighted by Gasteiger charge is 2.33. The summed E-state index contributed by atoms with van der Waals surface area (Å²) in [6, 6.07) is 13.5. The summed E-state index contributed by atoms with van der Waals surface area (Å²) in [6.45, 7) is 6.56. The van der Waals surface area contributed by atoms with Crippen LogP contribution in [0.3, 0.4) is 0 Å². The van der Waals surface area contributed by atoms with Crippen LogP contribution < -0.4 is 5.32 Å². The van der Waals surface area contributed by atoms with Gasteiger partial charge in [0.05, 0.1) is 22.0 Å². The molecule has 8 heteroatoms. The number of imidazole rings is 1. The van der Waals surface area contributed by atoms with Gasteiger partial charge in [0.1, 0.15) is 5.82 Å². The molecule has 0 spiro atoms. The lowest BCUT2D eigenvalue weighted by atomic mass is 10.0. The van der Waals surface area contributed by atoms with E-state index in [-0.39, 0.29) is 16.8 Å².